The first-order valence-electron chi connectivity index (χ1n) is 4.21. The second-order valence-corrected chi connectivity index (χ2v) is 3.10. The van der Waals surface area contributed by atoms with Crippen LogP contribution in [0.5, 0.6) is 0 Å². The molecule has 1 saturated carbocycles. The second-order valence-electron chi connectivity index (χ2n) is 3.10. The SMILES string of the molecule is N=C(N)CC(=O)OC1CCCC1. The third-order valence-electron chi connectivity index (χ3n) is 1.94. The third-order valence-corrected chi connectivity index (χ3v) is 1.94. The standard InChI is InChI=1S/C8H14N2O2/c9-7(10)5-8(11)12-6-3-1-2-4-6/h6H,1-5H2,(H3,9,10). The zero-order valence-corrected chi connectivity index (χ0v) is 7.01. The molecule has 0 unspecified atom stereocenters. The van der Waals surface area contributed by atoms with Gasteiger partial charge in [-0.1, -0.05) is 0 Å². The van der Waals surface area contributed by atoms with Crippen LogP contribution in [0.1, 0.15) is 32.1 Å². The smallest absolute Gasteiger partial charge is 0.313 e. The van der Waals surface area contributed by atoms with Gasteiger partial charge in [-0.2, -0.15) is 0 Å². The molecule has 0 heterocycles. The zero-order chi connectivity index (χ0) is 8.97. The first-order chi connectivity index (χ1) is 5.68. The summed E-state index contributed by atoms with van der Waals surface area (Å²) in [5.74, 6) is -0.493. The Morgan fingerprint density at radius 1 is 1.50 bits per heavy atom. The fraction of sp³-hybridized carbons (Fsp3) is 0.750. The van der Waals surface area contributed by atoms with Crippen LogP contribution in [0, 0.1) is 5.41 Å². The van der Waals surface area contributed by atoms with E-state index >= 15 is 0 Å². The highest BCUT2D eigenvalue weighted by molar-refractivity contribution is 5.94. The van der Waals surface area contributed by atoms with E-state index in [2.05, 4.69) is 0 Å². The average Bonchev–Trinajstić information content (AvgIpc) is 2.37. The molecule has 1 fully saturated rings. The van der Waals surface area contributed by atoms with E-state index < -0.39 is 0 Å². The Morgan fingerprint density at radius 3 is 2.58 bits per heavy atom. The summed E-state index contributed by atoms with van der Waals surface area (Å²) >= 11 is 0. The number of esters is 1. The third kappa shape index (κ3) is 2.90. The minimum Gasteiger partial charge on any atom is -0.462 e. The average molecular weight is 170 g/mol. The lowest BCUT2D eigenvalue weighted by molar-refractivity contribution is -0.147. The summed E-state index contributed by atoms with van der Waals surface area (Å²) in [6.07, 6.45) is 4.21. The van der Waals surface area contributed by atoms with Crippen molar-refractivity contribution in [1.29, 1.82) is 5.41 Å². The largest absolute Gasteiger partial charge is 0.462 e. The van der Waals surface area contributed by atoms with Crippen LogP contribution in [-0.2, 0) is 9.53 Å². The summed E-state index contributed by atoms with van der Waals surface area (Å²) in [7, 11) is 0. The molecule has 0 radical (unpaired) electrons. The molecule has 0 atom stereocenters. The zero-order valence-electron chi connectivity index (χ0n) is 7.01. The highest BCUT2D eigenvalue weighted by atomic mass is 16.5. The number of ether oxygens (including phenoxy) is 1. The number of nitrogens with two attached hydrogens (primary N) is 1. The van der Waals surface area contributed by atoms with Gasteiger partial charge in [0.2, 0.25) is 0 Å². The number of amidine groups is 1. The predicted octanol–water partition coefficient (Wildman–Crippen LogP) is 0.798. The number of carbonyl (C=O) groups excluding carboxylic acids is 1. The van der Waals surface area contributed by atoms with Crippen LogP contribution >= 0.6 is 0 Å². The van der Waals surface area contributed by atoms with Gasteiger partial charge in [-0.3, -0.25) is 10.2 Å². The molecule has 4 heteroatoms. The Hall–Kier alpha value is -1.06. The summed E-state index contributed by atoms with van der Waals surface area (Å²) in [6.45, 7) is 0. The summed E-state index contributed by atoms with van der Waals surface area (Å²) in [4.78, 5) is 11.0. The second kappa shape index (κ2) is 4.09. The molecule has 0 amide bonds. The van der Waals surface area contributed by atoms with Crippen LogP contribution in [0.15, 0.2) is 0 Å². The van der Waals surface area contributed by atoms with Crippen molar-refractivity contribution in [3.05, 3.63) is 0 Å². The summed E-state index contributed by atoms with van der Waals surface area (Å²) < 4.78 is 5.06. The van der Waals surface area contributed by atoms with Gasteiger partial charge in [-0.15, -0.1) is 0 Å². The van der Waals surface area contributed by atoms with E-state index in [1.807, 2.05) is 0 Å². The normalized spacial score (nSPS) is 17.7. The molecule has 0 aromatic carbocycles. The maximum Gasteiger partial charge on any atom is 0.313 e. The summed E-state index contributed by atoms with van der Waals surface area (Å²) in [6, 6.07) is 0. The quantitative estimate of drug-likeness (QED) is 0.373. The highest BCUT2D eigenvalue weighted by Crippen LogP contribution is 2.21. The molecule has 12 heavy (non-hydrogen) atoms. The molecule has 0 aromatic heterocycles. The molecular weight excluding hydrogens is 156 g/mol. The van der Waals surface area contributed by atoms with E-state index in [0.717, 1.165) is 25.7 Å². The molecule has 0 spiro atoms. The van der Waals surface area contributed by atoms with Crippen molar-refractivity contribution in [3.63, 3.8) is 0 Å². The Balaban J connectivity index is 2.20. The van der Waals surface area contributed by atoms with Crippen molar-refractivity contribution in [2.75, 3.05) is 0 Å². The lowest BCUT2D eigenvalue weighted by atomic mass is 10.3. The Kier molecular flexibility index (Phi) is 3.08. The van der Waals surface area contributed by atoms with E-state index in [-0.39, 0.29) is 24.3 Å². The molecular formula is C8H14N2O2. The van der Waals surface area contributed by atoms with Gasteiger partial charge >= 0.3 is 5.97 Å². The molecule has 4 nitrogen and oxygen atoms in total. The van der Waals surface area contributed by atoms with E-state index in [9.17, 15) is 4.79 Å². The van der Waals surface area contributed by atoms with Crippen molar-refractivity contribution >= 4 is 11.8 Å². The van der Waals surface area contributed by atoms with Gasteiger partial charge < -0.3 is 10.5 Å². The Bertz CT molecular complexity index is 185. The molecule has 0 saturated heterocycles. The van der Waals surface area contributed by atoms with Crippen molar-refractivity contribution < 1.29 is 9.53 Å². The summed E-state index contributed by atoms with van der Waals surface area (Å²) in [5, 5.41) is 6.88. The van der Waals surface area contributed by atoms with Crippen LogP contribution < -0.4 is 5.73 Å². The maximum atomic E-state index is 11.0. The van der Waals surface area contributed by atoms with Crippen LogP contribution in [0.25, 0.3) is 0 Å². The lowest BCUT2D eigenvalue weighted by Gasteiger charge is -2.10. The highest BCUT2D eigenvalue weighted by Gasteiger charge is 2.19. The number of carbonyl (C=O) groups is 1. The predicted molar refractivity (Wildman–Crippen MR) is 44.9 cm³/mol. The Morgan fingerprint density at radius 2 is 2.08 bits per heavy atom. The molecule has 0 bridgehead atoms. The van der Waals surface area contributed by atoms with Crippen molar-refractivity contribution in [1.82, 2.24) is 0 Å². The number of nitrogens with one attached hydrogen (secondary N) is 1. The number of hydrogen-bond acceptors (Lipinski definition) is 3. The number of rotatable bonds is 3. The van der Waals surface area contributed by atoms with Gasteiger partial charge in [-0.05, 0) is 25.7 Å². The molecule has 0 aliphatic heterocycles. The first kappa shape index (κ1) is 9.03. The van der Waals surface area contributed by atoms with Crippen molar-refractivity contribution in [2.45, 2.75) is 38.2 Å². The molecule has 1 aliphatic carbocycles. The first-order valence-corrected chi connectivity index (χ1v) is 4.21. The molecule has 68 valence electrons. The lowest BCUT2D eigenvalue weighted by Crippen LogP contribution is -2.21. The van der Waals surface area contributed by atoms with E-state index in [0.29, 0.717) is 0 Å². The monoisotopic (exact) mass is 170 g/mol. The molecule has 1 rings (SSSR count). The molecule has 1 aliphatic rings. The topological polar surface area (TPSA) is 76.2 Å². The van der Waals surface area contributed by atoms with Gasteiger partial charge in [0.1, 0.15) is 18.4 Å². The molecule has 0 aromatic rings. The summed E-state index contributed by atoms with van der Waals surface area (Å²) in [5.41, 5.74) is 5.05. The minimum absolute atomic E-state index is 0.0729. The van der Waals surface area contributed by atoms with E-state index in [1.165, 1.54) is 0 Å². The van der Waals surface area contributed by atoms with Crippen molar-refractivity contribution in [3.8, 4) is 0 Å². The van der Waals surface area contributed by atoms with Crippen LogP contribution in [-0.4, -0.2) is 17.9 Å². The van der Waals surface area contributed by atoms with Gasteiger partial charge in [0.05, 0.1) is 0 Å². The Labute approximate surface area is 71.6 Å². The fourth-order valence-electron chi connectivity index (χ4n) is 1.39. The van der Waals surface area contributed by atoms with Crippen molar-refractivity contribution in [2.24, 2.45) is 5.73 Å². The van der Waals surface area contributed by atoms with Gasteiger partial charge in [0, 0.05) is 0 Å². The molecule has 3 N–H and O–H groups in total. The van der Waals surface area contributed by atoms with Crippen LogP contribution in [0.2, 0.25) is 0 Å². The fourth-order valence-corrected chi connectivity index (χ4v) is 1.39. The number of hydrogen-bond donors (Lipinski definition) is 2. The minimum atomic E-state index is -0.366. The van der Waals surface area contributed by atoms with Gasteiger partial charge in [0.25, 0.3) is 0 Å². The maximum absolute atomic E-state index is 11.0. The van der Waals surface area contributed by atoms with E-state index in [4.69, 9.17) is 15.9 Å². The van der Waals surface area contributed by atoms with Gasteiger partial charge in [-0.25, -0.2) is 0 Å². The van der Waals surface area contributed by atoms with Crippen LogP contribution in [0.3, 0.4) is 0 Å². The van der Waals surface area contributed by atoms with Crippen LogP contribution in [0.4, 0.5) is 0 Å². The van der Waals surface area contributed by atoms with E-state index in [1.54, 1.807) is 0 Å². The van der Waals surface area contributed by atoms with Gasteiger partial charge in [0.15, 0.2) is 0 Å².